The van der Waals surface area contributed by atoms with Crippen LogP contribution in [0.3, 0.4) is 0 Å². The van der Waals surface area contributed by atoms with Gasteiger partial charge in [-0.15, -0.1) is 0 Å². The van der Waals surface area contributed by atoms with Gasteiger partial charge in [0.05, 0.1) is 11.2 Å². The molecule has 0 saturated heterocycles. The molecule has 1 heterocycles. The molecule has 0 bridgehead atoms. The summed E-state index contributed by atoms with van der Waals surface area (Å²) in [6, 6.07) is 32.9. The number of benzene rings is 4. The number of hydrogen-bond acceptors (Lipinski definition) is 3. The topological polar surface area (TPSA) is 37.8 Å². The minimum Gasteiger partial charge on any atom is -0.324 e. The molecule has 0 aliphatic carbocycles. The van der Waals surface area contributed by atoms with Crippen molar-refractivity contribution in [3.63, 3.8) is 0 Å². The Balaban J connectivity index is 1.75. The van der Waals surface area contributed by atoms with Gasteiger partial charge in [-0.25, -0.2) is 9.97 Å². The van der Waals surface area contributed by atoms with E-state index in [-0.39, 0.29) is 0 Å². The molecule has 0 aliphatic rings. The molecule has 0 radical (unpaired) electrons. The molecule has 128 valence electrons. The second-order valence-electron chi connectivity index (χ2n) is 6.43. The first kappa shape index (κ1) is 15.5. The molecule has 4 aromatic carbocycles. The number of rotatable bonds is 3. The van der Waals surface area contributed by atoms with Gasteiger partial charge in [-0.1, -0.05) is 78.9 Å². The van der Waals surface area contributed by atoms with E-state index in [1.807, 2.05) is 48.5 Å². The zero-order valence-corrected chi connectivity index (χ0v) is 14.6. The van der Waals surface area contributed by atoms with Crippen LogP contribution in [-0.2, 0) is 0 Å². The number of anilines is 2. The highest BCUT2D eigenvalue weighted by atomic mass is 15.1. The predicted octanol–water partition coefficient (Wildman–Crippen LogP) is 6.19. The molecule has 3 heteroatoms. The third-order valence-electron chi connectivity index (χ3n) is 4.68. The lowest BCUT2D eigenvalue weighted by molar-refractivity contribution is 1.22. The first-order chi connectivity index (χ1) is 13.4. The molecule has 1 aromatic heterocycles. The molecule has 0 aliphatic heterocycles. The standard InChI is InChI=1S/C24H17N3/c1-2-11-18(12-3-1)25-24-26-22-16-7-6-14-21(22)23(27-24)20-15-8-10-17-9-4-5-13-19(17)20/h1-16H,(H,25,26,27). The van der Waals surface area contributed by atoms with E-state index in [2.05, 4.69) is 53.8 Å². The van der Waals surface area contributed by atoms with Gasteiger partial charge in [0.1, 0.15) is 0 Å². The van der Waals surface area contributed by atoms with E-state index >= 15 is 0 Å². The van der Waals surface area contributed by atoms with Crippen LogP contribution in [0.25, 0.3) is 32.9 Å². The van der Waals surface area contributed by atoms with E-state index < -0.39 is 0 Å². The lowest BCUT2D eigenvalue weighted by Gasteiger charge is -2.12. The van der Waals surface area contributed by atoms with E-state index in [4.69, 9.17) is 9.97 Å². The van der Waals surface area contributed by atoms with Gasteiger partial charge in [-0.05, 0) is 29.0 Å². The van der Waals surface area contributed by atoms with E-state index in [9.17, 15) is 0 Å². The van der Waals surface area contributed by atoms with Crippen LogP contribution < -0.4 is 5.32 Å². The third kappa shape index (κ3) is 2.89. The smallest absolute Gasteiger partial charge is 0.228 e. The molecule has 0 unspecified atom stereocenters. The SMILES string of the molecule is c1ccc(Nc2nc(-c3cccc4ccccc34)c3ccccc3n2)cc1. The Morgan fingerprint density at radius 2 is 1.26 bits per heavy atom. The van der Waals surface area contributed by atoms with Crippen molar-refractivity contribution in [2.45, 2.75) is 0 Å². The maximum atomic E-state index is 4.89. The summed E-state index contributed by atoms with van der Waals surface area (Å²) in [5.74, 6) is 0.600. The Kier molecular flexibility index (Phi) is 3.76. The fraction of sp³-hybridized carbons (Fsp3) is 0. The summed E-state index contributed by atoms with van der Waals surface area (Å²) in [7, 11) is 0. The number of nitrogens with zero attached hydrogens (tertiary/aromatic N) is 2. The van der Waals surface area contributed by atoms with Crippen molar-refractivity contribution in [2.24, 2.45) is 0 Å². The van der Waals surface area contributed by atoms with Gasteiger partial charge in [-0.2, -0.15) is 0 Å². The van der Waals surface area contributed by atoms with E-state index in [1.165, 1.54) is 10.8 Å². The van der Waals surface area contributed by atoms with Crippen LogP contribution in [0, 0.1) is 0 Å². The van der Waals surface area contributed by atoms with Crippen molar-refractivity contribution < 1.29 is 0 Å². The maximum absolute atomic E-state index is 4.89. The van der Waals surface area contributed by atoms with Crippen molar-refractivity contribution in [1.82, 2.24) is 9.97 Å². The molecule has 0 spiro atoms. The third-order valence-corrected chi connectivity index (χ3v) is 4.68. The van der Waals surface area contributed by atoms with Crippen LogP contribution in [0.2, 0.25) is 0 Å². The molecule has 1 N–H and O–H groups in total. The Morgan fingerprint density at radius 3 is 2.15 bits per heavy atom. The average Bonchev–Trinajstić information content (AvgIpc) is 2.73. The van der Waals surface area contributed by atoms with Crippen molar-refractivity contribution in [2.75, 3.05) is 5.32 Å². The highest BCUT2D eigenvalue weighted by Crippen LogP contribution is 2.33. The molecule has 0 fully saturated rings. The Labute approximate surface area is 157 Å². The summed E-state index contributed by atoms with van der Waals surface area (Å²) in [5, 5.41) is 6.77. The van der Waals surface area contributed by atoms with Crippen LogP contribution in [0.15, 0.2) is 97.1 Å². The molecule has 0 amide bonds. The fourth-order valence-corrected chi connectivity index (χ4v) is 3.42. The Hall–Kier alpha value is -3.72. The van der Waals surface area contributed by atoms with Crippen LogP contribution in [0.1, 0.15) is 0 Å². The van der Waals surface area contributed by atoms with Gasteiger partial charge in [0.15, 0.2) is 0 Å². The summed E-state index contributed by atoms with van der Waals surface area (Å²) < 4.78 is 0. The quantitative estimate of drug-likeness (QED) is 0.422. The predicted molar refractivity (Wildman–Crippen MR) is 112 cm³/mol. The maximum Gasteiger partial charge on any atom is 0.228 e. The van der Waals surface area contributed by atoms with E-state index in [0.29, 0.717) is 5.95 Å². The second kappa shape index (κ2) is 6.54. The lowest BCUT2D eigenvalue weighted by atomic mass is 9.99. The summed E-state index contributed by atoms with van der Waals surface area (Å²) in [6.45, 7) is 0. The second-order valence-corrected chi connectivity index (χ2v) is 6.43. The van der Waals surface area contributed by atoms with E-state index in [0.717, 1.165) is 27.8 Å². The minimum atomic E-state index is 0.600. The highest BCUT2D eigenvalue weighted by Gasteiger charge is 2.12. The first-order valence-corrected chi connectivity index (χ1v) is 8.95. The van der Waals surface area contributed by atoms with Crippen molar-refractivity contribution in [3.8, 4) is 11.3 Å². The molecule has 3 nitrogen and oxygen atoms in total. The van der Waals surface area contributed by atoms with Crippen molar-refractivity contribution >= 4 is 33.3 Å². The van der Waals surface area contributed by atoms with Crippen LogP contribution in [0.5, 0.6) is 0 Å². The van der Waals surface area contributed by atoms with Gasteiger partial charge < -0.3 is 5.32 Å². The monoisotopic (exact) mass is 347 g/mol. The Bertz CT molecular complexity index is 1240. The largest absolute Gasteiger partial charge is 0.324 e. The van der Waals surface area contributed by atoms with E-state index in [1.54, 1.807) is 0 Å². The molecule has 0 saturated carbocycles. The zero-order valence-electron chi connectivity index (χ0n) is 14.6. The first-order valence-electron chi connectivity index (χ1n) is 8.95. The van der Waals surface area contributed by atoms with Crippen LogP contribution >= 0.6 is 0 Å². The summed E-state index contributed by atoms with van der Waals surface area (Å²) >= 11 is 0. The van der Waals surface area contributed by atoms with Crippen molar-refractivity contribution in [1.29, 1.82) is 0 Å². The summed E-state index contributed by atoms with van der Waals surface area (Å²) in [4.78, 5) is 9.61. The number of hydrogen-bond donors (Lipinski definition) is 1. The van der Waals surface area contributed by atoms with Crippen LogP contribution in [0.4, 0.5) is 11.6 Å². The molecule has 5 aromatic rings. The Morgan fingerprint density at radius 1 is 0.556 bits per heavy atom. The van der Waals surface area contributed by atoms with Gasteiger partial charge in [0.2, 0.25) is 5.95 Å². The number of fused-ring (bicyclic) bond motifs is 2. The highest BCUT2D eigenvalue weighted by molar-refractivity contribution is 6.03. The average molecular weight is 347 g/mol. The molecule has 5 rings (SSSR count). The molecule has 27 heavy (non-hydrogen) atoms. The molecular weight excluding hydrogens is 330 g/mol. The normalized spacial score (nSPS) is 11.0. The summed E-state index contributed by atoms with van der Waals surface area (Å²) in [6.07, 6.45) is 0. The van der Waals surface area contributed by atoms with Crippen molar-refractivity contribution in [3.05, 3.63) is 97.1 Å². The van der Waals surface area contributed by atoms with Gasteiger partial charge in [0, 0.05) is 16.6 Å². The zero-order chi connectivity index (χ0) is 18.1. The lowest BCUT2D eigenvalue weighted by Crippen LogP contribution is -2.00. The number of para-hydroxylation sites is 2. The minimum absolute atomic E-state index is 0.600. The van der Waals surface area contributed by atoms with Gasteiger partial charge in [0.25, 0.3) is 0 Å². The fourth-order valence-electron chi connectivity index (χ4n) is 3.42. The summed E-state index contributed by atoms with van der Waals surface area (Å²) in [5.41, 5.74) is 3.95. The number of nitrogens with one attached hydrogen (secondary N) is 1. The van der Waals surface area contributed by atoms with Crippen LogP contribution in [-0.4, -0.2) is 9.97 Å². The number of aromatic nitrogens is 2. The molecule has 0 atom stereocenters. The van der Waals surface area contributed by atoms with Gasteiger partial charge >= 0.3 is 0 Å². The van der Waals surface area contributed by atoms with Gasteiger partial charge in [-0.3, -0.25) is 0 Å². The molecular formula is C24H17N3.